The van der Waals surface area contributed by atoms with Crippen LogP contribution in [0.3, 0.4) is 0 Å². The summed E-state index contributed by atoms with van der Waals surface area (Å²) in [5.74, 6) is -0.472. The van der Waals surface area contributed by atoms with Crippen molar-refractivity contribution in [2.45, 2.75) is 30.6 Å². The van der Waals surface area contributed by atoms with Crippen LogP contribution in [-0.2, 0) is 21.4 Å². The van der Waals surface area contributed by atoms with Gasteiger partial charge < -0.3 is 10.2 Å². The van der Waals surface area contributed by atoms with E-state index in [1.54, 1.807) is 11.4 Å². The quantitative estimate of drug-likeness (QED) is 0.631. The molecular weight excluding hydrogens is 382 g/mol. The van der Waals surface area contributed by atoms with Gasteiger partial charge in [0.15, 0.2) is 0 Å². The zero-order chi connectivity index (χ0) is 19.9. The summed E-state index contributed by atoms with van der Waals surface area (Å²) >= 11 is 1.13. The van der Waals surface area contributed by atoms with E-state index in [0.29, 0.717) is 13.1 Å². The van der Waals surface area contributed by atoms with Gasteiger partial charge in [-0.3, -0.25) is 4.79 Å². The molecule has 1 amide bonds. The molecule has 0 radical (unpaired) electrons. The first kappa shape index (κ1) is 21.6. The van der Waals surface area contributed by atoms with Crippen LogP contribution in [0.5, 0.6) is 0 Å². The molecule has 1 aromatic carbocycles. The lowest BCUT2D eigenvalue weighted by atomic mass is 10.1. The first-order valence-electron chi connectivity index (χ1n) is 8.85. The average molecular weight is 410 g/mol. The fraction of sp³-hybridized carbons (Fsp3) is 0.421. The second-order valence-corrected chi connectivity index (χ2v) is 9.68. The van der Waals surface area contributed by atoms with Crippen LogP contribution in [0.4, 0.5) is 0 Å². The lowest BCUT2D eigenvalue weighted by molar-refractivity contribution is -0.123. The maximum absolute atomic E-state index is 12.5. The Morgan fingerprint density at radius 2 is 1.85 bits per heavy atom. The topological polar surface area (TPSA) is 78.5 Å². The number of sulfonamides is 1. The number of carbonyl (C=O) groups excluding carboxylic acids is 1. The second-order valence-electron chi connectivity index (χ2n) is 6.79. The van der Waals surface area contributed by atoms with Gasteiger partial charge in [-0.1, -0.05) is 50.2 Å². The van der Waals surface area contributed by atoms with Crippen LogP contribution in [0.2, 0.25) is 0 Å². The lowest BCUT2D eigenvalue weighted by Gasteiger charge is -2.22. The van der Waals surface area contributed by atoms with Crippen molar-refractivity contribution >= 4 is 27.3 Å². The van der Waals surface area contributed by atoms with Crippen LogP contribution in [0, 0.1) is 5.92 Å². The number of hydrogen-bond donors (Lipinski definition) is 2. The molecule has 6 nitrogen and oxygen atoms in total. The molecule has 2 rings (SSSR count). The minimum atomic E-state index is -3.69. The van der Waals surface area contributed by atoms with Gasteiger partial charge in [0, 0.05) is 19.6 Å². The number of hydrogen-bond acceptors (Lipinski definition) is 5. The van der Waals surface area contributed by atoms with E-state index < -0.39 is 16.1 Å². The van der Waals surface area contributed by atoms with E-state index in [1.165, 1.54) is 11.6 Å². The van der Waals surface area contributed by atoms with E-state index in [4.69, 9.17) is 0 Å². The van der Waals surface area contributed by atoms with Gasteiger partial charge >= 0.3 is 0 Å². The number of benzene rings is 1. The maximum atomic E-state index is 12.5. The zero-order valence-electron chi connectivity index (χ0n) is 15.9. The maximum Gasteiger partial charge on any atom is 0.250 e. The summed E-state index contributed by atoms with van der Waals surface area (Å²) < 4.78 is 27.6. The molecule has 8 heteroatoms. The molecule has 0 fully saturated rings. The first-order chi connectivity index (χ1) is 12.8. The van der Waals surface area contributed by atoms with E-state index in [0.717, 1.165) is 17.9 Å². The Morgan fingerprint density at radius 3 is 2.44 bits per heavy atom. The van der Waals surface area contributed by atoms with E-state index in [1.807, 2.05) is 39.1 Å². The Hall–Kier alpha value is -1.74. The average Bonchev–Trinajstić information content (AvgIpc) is 3.16. The number of likely N-dealkylation sites (N-methyl/N-ethyl adjacent to an activating group) is 1. The smallest absolute Gasteiger partial charge is 0.250 e. The van der Waals surface area contributed by atoms with Gasteiger partial charge in [0.25, 0.3) is 10.0 Å². The Bertz CT molecular complexity index is 806. The third kappa shape index (κ3) is 6.73. The van der Waals surface area contributed by atoms with Gasteiger partial charge in [-0.25, -0.2) is 8.42 Å². The summed E-state index contributed by atoms with van der Waals surface area (Å²) in [5.41, 5.74) is 1.20. The van der Waals surface area contributed by atoms with Gasteiger partial charge in [0.2, 0.25) is 5.91 Å². The highest BCUT2D eigenvalue weighted by Crippen LogP contribution is 2.17. The molecular formula is C19H27N3O3S2. The van der Waals surface area contributed by atoms with Gasteiger partial charge in [-0.2, -0.15) is 4.72 Å². The second kappa shape index (κ2) is 9.98. The molecule has 2 aromatic rings. The van der Waals surface area contributed by atoms with Gasteiger partial charge in [0.1, 0.15) is 10.3 Å². The largest absolute Gasteiger partial charge is 0.353 e. The van der Waals surface area contributed by atoms with Crippen LogP contribution >= 0.6 is 11.3 Å². The Balaban J connectivity index is 1.86. The first-order valence-corrected chi connectivity index (χ1v) is 11.2. The molecule has 2 N–H and O–H groups in total. The third-order valence-corrected chi connectivity index (χ3v) is 6.92. The van der Waals surface area contributed by atoms with Crippen LogP contribution in [0.1, 0.15) is 19.4 Å². The molecule has 0 unspecified atom stereocenters. The van der Waals surface area contributed by atoms with Crippen molar-refractivity contribution < 1.29 is 13.2 Å². The van der Waals surface area contributed by atoms with Crippen molar-refractivity contribution in [2.24, 2.45) is 5.92 Å². The summed E-state index contributed by atoms with van der Waals surface area (Å²) in [7, 11) is -1.71. The highest BCUT2D eigenvalue weighted by atomic mass is 32.2. The molecule has 1 heterocycles. The van der Waals surface area contributed by atoms with Crippen molar-refractivity contribution in [2.75, 3.05) is 20.1 Å². The number of amides is 1. The monoisotopic (exact) mass is 409 g/mol. The van der Waals surface area contributed by atoms with Crippen molar-refractivity contribution in [3.8, 4) is 0 Å². The normalized spacial score (nSPS) is 13.1. The van der Waals surface area contributed by atoms with Crippen molar-refractivity contribution in [1.82, 2.24) is 14.9 Å². The number of rotatable bonds is 10. The summed E-state index contributed by atoms with van der Waals surface area (Å²) in [6.07, 6.45) is 0. The highest BCUT2D eigenvalue weighted by Gasteiger charge is 2.28. The Labute approximate surface area is 165 Å². The summed E-state index contributed by atoms with van der Waals surface area (Å²) in [5, 5.41) is 4.54. The fourth-order valence-corrected chi connectivity index (χ4v) is 4.94. The van der Waals surface area contributed by atoms with Crippen molar-refractivity contribution in [3.05, 3.63) is 53.4 Å². The predicted molar refractivity (Wildman–Crippen MR) is 109 cm³/mol. The predicted octanol–water partition coefficient (Wildman–Crippen LogP) is 2.30. The molecule has 0 aliphatic carbocycles. The van der Waals surface area contributed by atoms with Crippen LogP contribution < -0.4 is 10.0 Å². The SMILES string of the molecule is CC(C)[C@H](NS(=O)(=O)c1cccs1)C(=O)NCCN(C)Cc1ccccc1. The van der Waals surface area contributed by atoms with Crippen molar-refractivity contribution in [1.29, 1.82) is 0 Å². The van der Waals surface area contributed by atoms with E-state index in [9.17, 15) is 13.2 Å². The molecule has 0 spiro atoms. The molecule has 0 bridgehead atoms. The van der Waals surface area contributed by atoms with Gasteiger partial charge in [-0.05, 0) is 30.0 Å². The number of thiophene rings is 1. The Morgan fingerprint density at radius 1 is 1.15 bits per heavy atom. The fourth-order valence-electron chi connectivity index (χ4n) is 2.59. The molecule has 0 aliphatic heterocycles. The summed E-state index contributed by atoms with van der Waals surface area (Å²) in [4.78, 5) is 14.6. The third-order valence-electron chi connectivity index (χ3n) is 4.08. The van der Waals surface area contributed by atoms with E-state index >= 15 is 0 Å². The van der Waals surface area contributed by atoms with E-state index in [-0.39, 0.29) is 16.0 Å². The number of nitrogens with one attached hydrogen (secondary N) is 2. The number of carbonyl (C=O) groups is 1. The van der Waals surface area contributed by atoms with Crippen molar-refractivity contribution in [3.63, 3.8) is 0 Å². The Kier molecular flexibility index (Phi) is 7.97. The molecule has 0 saturated carbocycles. The minimum Gasteiger partial charge on any atom is -0.353 e. The molecule has 27 heavy (non-hydrogen) atoms. The van der Waals surface area contributed by atoms with Gasteiger partial charge in [0.05, 0.1) is 0 Å². The van der Waals surface area contributed by atoms with Gasteiger partial charge in [-0.15, -0.1) is 11.3 Å². The standard InChI is InChI=1S/C19H27N3O3S2/c1-15(2)18(21-27(24,25)17-10-7-13-26-17)19(23)20-11-12-22(3)14-16-8-5-4-6-9-16/h4-10,13,15,18,21H,11-12,14H2,1-3H3,(H,20,23)/t18-/m0/s1. The van der Waals surface area contributed by atoms with Crippen LogP contribution in [-0.4, -0.2) is 45.4 Å². The summed E-state index contributed by atoms with van der Waals surface area (Å²) in [6.45, 7) is 5.55. The lowest BCUT2D eigenvalue weighted by Crippen LogP contribution is -2.50. The van der Waals surface area contributed by atoms with Crippen LogP contribution in [0.25, 0.3) is 0 Å². The number of nitrogens with zero attached hydrogens (tertiary/aromatic N) is 1. The molecule has 1 aromatic heterocycles. The molecule has 1 atom stereocenters. The minimum absolute atomic E-state index is 0.165. The molecule has 0 aliphatic rings. The van der Waals surface area contributed by atoms with Crippen LogP contribution in [0.15, 0.2) is 52.1 Å². The van der Waals surface area contributed by atoms with E-state index in [2.05, 4.69) is 27.1 Å². The molecule has 148 valence electrons. The zero-order valence-corrected chi connectivity index (χ0v) is 17.5. The molecule has 0 saturated heterocycles. The summed E-state index contributed by atoms with van der Waals surface area (Å²) in [6, 6.07) is 12.5. The highest BCUT2D eigenvalue weighted by molar-refractivity contribution is 7.91.